The van der Waals surface area contributed by atoms with Gasteiger partial charge in [0.25, 0.3) is 0 Å². The van der Waals surface area contributed by atoms with Crippen molar-refractivity contribution >= 4 is 17.3 Å². The fourth-order valence-corrected chi connectivity index (χ4v) is 4.64. The van der Waals surface area contributed by atoms with Crippen molar-refractivity contribution in [2.45, 2.75) is 25.7 Å². The molecule has 2 heterocycles. The summed E-state index contributed by atoms with van der Waals surface area (Å²) in [6.45, 7) is 4.80. The number of anilines is 1. The number of nitriles is 1. The number of benzene rings is 2. The molecule has 1 aliphatic rings. The molecule has 2 atom stereocenters. The van der Waals surface area contributed by atoms with Crippen LogP contribution in [0.1, 0.15) is 41.5 Å². The van der Waals surface area contributed by atoms with Crippen LogP contribution in [0.3, 0.4) is 0 Å². The van der Waals surface area contributed by atoms with E-state index in [1.807, 2.05) is 43.3 Å². The van der Waals surface area contributed by atoms with Crippen LogP contribution in [0, 0.1) is 11.3 Å². The van der Waals surface area contributed by atoms with Crippen LogP contribution in [0.4, 0.5) is 5.69 Å². The molecule has 2 N–H and O–H groups in total. The van der Waals surface area contributed by atoms with Crippen LogP contribution in [0.25, 0.3) is 0 Å². The molecule has 1 aliphatic heterocycles. The Morgan fingerprint density at radius 1 is 1.17 bits per heavy atom. The van der Waals surface area contributed by atoms with Gasteiger partial charge in [-0.2, -0.15) is 5.26 Å². The summed E-state index contributed by atoms with van der Waals surface area (Å²) in [6, 6.07) is 19.2. The van der Waals surface area contributed by atoms with Gasteiger partial charge in [-0.1, -0.05) is 23.7 Å². The van der Waals surface area contributed by atoms with E-state index in [1.165, 1.54) is 0 Å². The van der Waals surface area contributed by atoms with Crippen LogP contribution in [0.15, 0.2) is 60.8 Å². The Hall–Kier alpha value is -3.15. The van der Waals surface area contributed by atoms with Crippen molar-refractivity contribution in [3.63, 3.8) is 0 Å². The number of hydrogen-bond donors (Lipinski definition) is 2. The quantitative estimate of drug-likeness (QED) is 0.489. The molecular formula is C27H29ClN4O3. The number of halogens is 1. The molecule has 7 nitrogen and oxygen atoms in total. The number of aromatic nitrogens is 1. The normalized spacial score (nSPS) is 17.1. The molecule has 4 rings (SSSR count). The molecule has 0 saturated carbocycles. The number of hydrogen-bond acceptors (Lipinski definition) is 7. The average molecular weight is 493 g/mol. The average Bonchev–Trinajstić information content (AvgIpc) is 2.89. The van der Waals surface area contributed by atoms with E-state index in [0.717, 1.165) is 23.4 Å². The zero-order valence-electron chi connectivity index (χ0n) is 19.6. The molecule has 1 saturated heterocycles. The van der Waals surface area contributed by atoms with Gasteiger partial charge < -0.3 is 19.8 Å². The number of rotatable bonds is 8. The monoisotopic (exact) mass is 492 g/mol. The van der Waals surface area contributed by atoms with Crippen molar-refractivity contribution in [1.29, 1.82) is 5.26 Å². The van der Waals surface area contributed by atoms with Gasteiger partial charge >= 0.3 is 0 Å². The maximum atomic E-state index is 10.9. The van der Waals surface area contributed by atoms with Gasteiger partial charge in [0.1, 0.15) is 11.8 Å². The van der Waals surface area contributed by atoms with Crippen LogP contribution in [-0.2, 0) is 6.61 Å². The summed E-state index contributed by atoms with van der Waals surface area (Å²) in [7, 11) is 0. The second-order valence-electron chi connectivity index (χ2n) is 8.50. The third kappa shape index (κ3) is 5.92. The standard InChI is InChI=1S/C27H29ClN4O3/c1-2-35-24-7-8-25(21(14-24)15-29)32-12-11-31(16-26(32)19-3-5-22(28)6-4-19)17-27(34)20-9-10-30-23(13-20)18-33/h3-10,13-14,26-27,33-34H,2,11-12,16-18H2,1H3/t26-,27+/m0/s1. The highest BCUT2D eigenvalue weighted by Gasteiger charge is 2.31. The molecule has 8 heteroatoms. The number of ether oxygens (including phenoxy) is 1. The van der Waals surface area contributed by atoms with Gasteiger partial charge in [0.15, 0.2) is 0 Å². The smallest absolute Gasteiger partial charge is 0.120 e. The SMILES string of the molecule is CCOc1ccc(N2CCN(C[C@@H](O)c3ccnc(CO)c3)C[C@H]2c2ccc(Cl)cc2)c(C#N)c1. The summed E-state index contributed by atoms with van der Waals surface area (Å²) in [5.74, 6) is 0.678. The van der Waals surface area contributed by atoms with Crippen LogP contribution < -0.4 is 9.64 Å². The Labute approximate surface area is 210 Å². The zero-order chi connectivity index (χ0) is 24.8. The van der Waals surface area contributed by atoms with Crippen LogP contribution in [0.2, 0.25) is 5.02 Å². The third-order valence-electron chi connectivity index (χ3n) is 6.25. The van der Waals surface area contributed by atoms with Gasteiger partial charge in [0, 0.05) is 37.4 Å². The minimum Gasteiger partial charge on any atom is -0.494 e. The van der Waals surface area contributed by atoms with Crippen molar-refractivity contribution in [2.24, 2.45) is 0 Å². The molecule has 0 aliphatic carbocycles. The highest BCUT2D eigenvalue weighted by molar-refractivity contribution is 6.30. The topological polar surface area (TPSA) is 92.8 Å². The predicted octanol–water partition coefficient (Wildman–Crippen LogP) is 4.09. The molecular weight excluding hydrogens is 464 g/mol. The number of aliphatic hydroxyl groups is 2. The second kappa shape index (κ2) is 11.5. The highest BCUT2D eigenvalue weighted by Crippen LogP contribution is 2.35. The lowest BCUT2D eigenvalue weighted by Gasteiger charge is -2.44. The Bertz CT molecular complexity index is 1180. The second-order valence-corrected chi connectivity index (χ2v) is 8.93. The zero-order valence-corrected chi connectivity index (χ0v) is 20.4. The lowest BCUT2D eigenvalue weighted by Crippen LogP contribution is -2.49. The van der Waals surface area contributed by atoms with E-state index in [1.54, 1.807) is 24.4 Å². The van der Waals surface area contributed by atoms with Crippen molar-refractivity contribution in [1.82, 2.24) is 9.88 Å². The first-order valence-corrected chi connectivity index (χ1v) is 12.0. The Morgan fingerprint density at radius 3 is 2.69 bits per heavy atom. The molecule has 3 aromatic rings. The van der Waals surface area contributed by atoms with Crippen LogP contribution in [-0.4, -0.2) is 52.9 Å². The maximum Gasteiger partial charge on any atom is 0.120 e. The molecule has 35 heavy (non-hydrogen) atoms. The van der Waals surface area contributed by atoms with Gasteiger partial charge in [-0.15, -0.1) is 0 Å². The summed E-state index contributed by atoms with van der Waals surface area (Å²) < 4.78 is 5.59. The summed E-state index contributed by atoms with van der Waals surface area (Å²) in [5, 5.41) is 30.8. The fourth-order valence-electron chi connectivity index (χ4n) is 4.52. The molecule has 1 fully saturated rings. The van der Waals surface area contributed by atoms with E-state index >= 15 is 0 Å². The van der Waals surface area contributed by atoms with Gasteiger partial charge in [-0.3, -0.25) is 9.88 Å². The number of nitrogens with zero attached hydrogens (tertiary/aromatic N) is 4. The van der Waals surface area contributed by atoms with E-state index in [9.17, 15) is 15.5 Å². The van der Waals surface area contributed by atoms with Crippen molar-refractivity contribution in [3.8, 4) is 11.8 Å². The largest absolute Gasteiger partial charge is 0.494 e. The van der Waals surface area contributed by atoms with Crippen LogP contribution in [0.5, 0.6) is 5.75 Å². The molecule has 182 valence electrons. The summed E-state index contributed by atoms with van der Waals surface area (Å²) >= 11 is 6.15. The van der Waals surface area contributed by atoms with Gasteiger partial charge in [0.2, 0.25) is 0 Å². The minimum absolute atomic E-state index is 0.0382. The number of piperazine rings is 1. The summed E-state index contributed by atoms with van der Waals surface area (Å²) in [5.41, 5.74) is 3.77. The molecule has 0 radical (unpaired) electrons. The maximum absolute atomic E-state index is 10.9. The van der Waals surface area contributed by atoms with Gasteiger partial charge in [-0.05, 0) is 60.5 Å². The first kappa shape index (κ1) is 25.0. The third-order valence-corrected chi connectivity index (χ3v) is 6.50. The minimum atomic E-state index is -0.708. The molecule has 0 amide bonds. The van der Waals surface area contributed by atoms with E-state index in [4.69, 9.17) is 16.3 Å². The van der Waals surface area contributed by atoms with Crippen LogP contribution >= 0.6 is 11.6 Å². The van der Waals surface area contributed by atoms with Crippen molar-refractivity contribution in [3.05, 3.63) is 88.2 Å². The number of pyridine rings is 1. The molecule has 0 unspecified atom stereocenters. The Balaban J connectivity index is 1.60. The molecule has 0 bridgehead atoms. The predicted molar refractivity (Wildman–Crippen MR) is 135 cm³/mol. The number of β-amino-alcohol motifs (C(OH)–C–C–N with tert-alkyl or cyclic N) is 1. The van der Waals surface area contributed by atoms with E-state index in [-0.39, 0.29) is 12.6 Å². The molecule has 0 spiro atoms. The van der Waals surface area contributed by atoms with E-state index in [2.05, 4.69) is 20.9 Å². The first-order valence-electron chi connectivity index (χ1n) is 11.7. The fraction of sp³-hybridized carbons (Fsp3) is 0.333. The summed E-state index contributed by atoms with van der Waals surface area (Å²) in [4.78, 5) is 8.57. The Morgan fingerprint density at radius 2 is 1.97 bits per heavy atom. The highest BCUT2D eigenvalue weighted by atomic mass is 35.5. The summed E-state index contributed by atoms with van der Waals surface area (Å²) in [6.07, 6.45) is 0.898. The lowest BCUT2D eigenvalue weighted by molar-refractivity contribution is 0.100. The first-order chi connectivity index (χ1) is 17.0. The van der Waals surface area contributed by atoms with E-state index in [0.29, 0.717) is 48.3 Å². The lowest BCUT2D eigenvalue weighted by atomic mass is 9.99. The van der Waals surface area contributed by atoms with E-state index < -0.39 is 6.10 Å². The van der Waals surface area contributed by atoms with Gasteiger partial charge in [-0.25, -0.2) is 0 Å². The number of aliphatic hydroxyl groups excluding tert-OH is 2. The van der Waals surface area contributed by atoms with Crippen molar-refractivity contribution in [2.75, 3.05) is 37.7 Å². The molecule has 2 aromatic carbocycles. The van der Waals surface area contributed by atoms with Crippen molar-refractivity contribution < 1.29 is 14.9 Å². The molecule has 1 aromatic heterocycles. The van der Waals surface area contributed by atoms with Gasteiger partial charge in [0.05, 0.1) is 42.3 Å². The Kier molecular flexibility index (Phi) is 8.21.